The van der Waals surface area contributed by atoms with Crippen LogP contribution in [0.1, 0.15) is 5.56 Å². The molecule has 0 unspecified atom stereocenters. The fourth-order valence-electron chi connectivity index (χ4n) is 2.75. The second kappa shape index (κ2) is 6.68. The molecule has 2 heterocycles. The molecule has 10 heteroatoms. The van der Waals surface area contributed by atoms with Crippen LogP contribution in [0.15, 0.2) is 54.9 Å². The van der Waals surface area contributed by atoms with Crippen molar-refractivity contribution in [1.29, 1.82) is 0 Å². The summed E-state index contributed by atoms with van der Waals surface area (Å²) in [5, 5.41) is 3.41. The number of anilines is 3. The Balaban J connectivity index is 1.76. The van der Waals surface area contributed by atoms with E-state index in [-0.39, 0.29) is 5.95 Å². The summed E-state index contributed by atoms with van der Waals surface area (Å²) >= 11 is 6.25. The molecule has 0 radical (unpaired) electrons. The number of rotatable bonds is 3. The molecule has 0 saturated heterocycles. The number of hydrogen-bond donors (Lipinski definition) is 2. The van der Waals surface area contributed by atoms with Crippen molar-refractivity contribution < 1.29 is 13.2 Å². The predicted molar refractivity (Wildman–Crippen MR) is 101 cm³/mol. The number of nitrogens with zero attached hydrogens (tertiary/aromatic N) is 4. The van der Waals surface area contributed by atoms with E-state index in [0.29, 0.717) is 33.4 Å². The van der Waals surface area contributed by atoms with Gasteiger partial charge in [0.25, 0.3) is 0 Å². The zero-order valence-electron chi connectivity index (χ0n) is 14.1. The Hall–Kier alpha value is -3.33. The van der Waals surface area contributed by atoms with Crippen LogP contribution in [0.4, 0.5) is 30.6 Å². The second-order valence-corrected chi connectivity index (χ2v) is 6.26. The average Bonchev–Trinajstić information content (AvgIpc) is 2.99. The standard InChI is InChI=1S/C18H12ClF3N6/c19-12-3-1-2-4-13(12)28-16-14(27-17(28)23)15(24-9-25-16)26-11-7-5-10(6-8-11)18(20,21)22/h1-9H,(H2,23,27)(H,24,25,26). The topological polar surface area (TPSA) is 81.7 Å². The van der Waals surface area contributed by atoms with Gasteiger partial charge in [-0.1, -0.05) is 23.7 Å². The van der Waals surface area contributed by atoms with E-state index in [1.165, 1.54) is 18.5 Å². The van der Waals surface area contributed by atoms with Gasteiger partial charge in [0.15, 0.2) is 17.0 Å². The number of aromatic nitrogens is 4. The molecular weight excluding hydrogens is 393 g/mol. The molecule has 0 fully saturated rings. The molecule has 142 valence electrons. The first-order valence-corrected chi connectivity index (χ1v) is 8.40. The molecule has 2 aromatic heterocycles. The van der Waals surface area contributed by atoms with Gasteiger partial charge in [0.05, 0.1) is 16.3 Å². The summed E-state index contributed by atoms with van der Waals surface area (Å²) in [5.41, 5.74) is 7.11. The first kappa shape index (κ1) is 18.1. The maximum absolute atomic E-state index is 12.7. The molecule has 0 aliphatic heterocycles. The Morgan fingerprint density at radius 1 is 1.00 bits per heavy atom. The van der Waals surface area contributed by atoms with Crippen LogP contribution in [0.25, 0.3) is 16.9 Å². The number of fused-ring (bicyclic) bond motifs is 1. The smallest absolute Gasteiger partial charge is 0.369 e. The number of imidazole rings is 1. The summed E-state index contributed by atoms with van der Waals surface area (Å²) in [6, 6.07) is 11.7. The molecule has 0 spiro atoms. The average molecular weight is 405 g/mol. The number of alkyl halides is 3. The van der Waals surface area contributed by atoms with Gasteiger partial charge in [-0.05, 0) is 36.4 Å². The van der Waals surface area contributed by atoms with E-state index in [4.69, 9.17) is 17.3 Å². The van der Waals surface area contributed by atoms with Crippen LogP contribution in [-0.2, 0) is 6.18 Å². The van der Waals surface area contributed by atoms with Crippen molar-refractivity contribution >= 4 is 40.2 Å². The van der Waals surface area contributed by atoms with Crippen molar-refractivity contribution in [2.75, 3.05) is 11.1 Å². The van der Waals surface area contributed by atoms with Crippen LogP contribution in [0, 0.1) is 0 Å². The minimum Gasteiger partial charge on any atom is -0.369 e. The lowest BCUT2D eigenvalue weighted by Gasteiger charge is -2.10. The van der Waals surface area contributed by atoms with E-state index in [0.717, 1.165) is 12.1 Å². The third-order valence-electron chi connectivity index (χ3n) is 4.04. The predicted octanol–water partition coefficient (Wildman–Crippen LogP) is 4.81. The van der Waals surface area contributed by atoms with Crippen molar-refractivity contribution in [3.05, 3.63) is 65.4 Å². The molecule has 0 bridgehead atoms. The number of benzene rings is 2. The van der Waals surface area contributed by atoms with Crippen LogP contribution in [0.3, 0.4) is 0 Å². The van der Waals surface area contributed by atoms with E-state index >= 15 is 0 Å². The summed E-state index contributed by atoms with van der Waals surface area (Å²) < 4.78 is 39.7. The number of halogens is 4. The van der Waals surface area contributed by atoms with E-state index in [2.05, 4.69) is 20.3 Å². The molecule has 0 aliphatic rings. The summed E-state index contributed by atoms with van der Waals surface area (Å²) in [6.45, 7) is 0. The van der Waals surface area contributed by atoms with E-state index in [9.17, 15) is 13.2 Å². The van der Waals surface area contributed by atoms with Gasteiger partial charge in [0.1, 0.15) is 6.33 Å². The lowest BCUT2D eigenvalue weighted by atomic mass is 10.2. The lowest BCUT2D eigenvalue weighted by Crippen LogP contribution is -2.04. The van der Waals surface area contributed by atoms with Gasteiger partial charge in [-0.15, -0.1) is 0 Å². The Bertz CT molecular complexity index is 1150. The highest BCUT2D eigenvalue weighted by atomic mass is 35.5. The number of nitrogen functional groups attached to an aromatic ring is 1. The van der Waals surface area contributed by atoms with Gasteiger partial charge in [0, 0.05) is 5.69 Å². The first-order chi connectivity index (χ1) is 13.3. The molecule has 4 rings (SSSR count). The molecule has 28 heavy (non-hydrogen) atoms. The van der Waals surface area contributed by atoms with E-state index < -0.39 is 11.7 Å². The van der Waals surface area contributed by atoms with E-state index in [1.807, 2.05) is 0 Å². The molecule has 3 N–H and O–H groups in total. The highest BCUT2D eigenvalue weighted by molar-refractivity contribution is 6.32. The Labute approximate surface area is 161 Å². The lowest BCUT2D eigenvalue weighted by molar-refractivity contribution is -0.137. The zero-order valence-corrected chi connectivity index (χ0v) is 14.8. The molecule has 4 aromatic rings. The highest BCUT2D eigenvalue weighted by Crippen LogP contribution is 2.32. The van der Waals surface area contributed by atoms with Crippen LogP contribution < -0.4 is 11.1 Å². The summed E-state index contributed by atoms with van der Waals surface area (Å²) in [6.07, 6.45) is -3.09. The van der Waals surface area contributed by atoms with Gasteiger partial charge >= 0.3 is 6.18 Å². The van der Waals surface area contributed by atoms with Crippen molar-refractivity contribution in [3.8, 4) is 5.69 Å². The fourth-order valence-corrected chi connectivity index (χ4v) is 2.97. The molecule has 6 nitrogen and oxygen atoms in total. The molecule has 2 aromatic carbocycles. The largest absolute Gasteiger partial charge is 0.416 e. The minimum absolute atomic E-state index is 0.152. The maximum Gasteiger partial charge on any atom is 0.416 e. The number of hydrogen-bond acceptors (Lipinski definition) is 5. The summed E-state index contributed by atoms with van der Waals surface area (Å²) in [5.74, 6) is 0.460. The first-order valence-electron chi connectivity index (χ1n) is 8.02. The quantitative estimate of drug-likeness (QED) is 0.512. The van der Waals surface area contributed by atoms with E-state index in [1.54, 1.807) is 28.8 Å². The third-order valence-corrected chi connectivity index (χ3v) is 4.36. The monoisotopic (exact) mass is 404 g/mol. The summed E-state index contributed by atoms with van der Waals surface area (Å²) in [7, 11) is 0. The highest BCUT2D eigenvalue weighted by Gasteiger charge is 2.30. The number of nitrogens with one attached hydrogen (secondary N) is 1. The van der Waals surface area contributed by atoms with Gasteiger partial charge in [-0.3, -0.25) is 4.57 Å². The Morgan fingerprint density at radius 2 is 1.71 bits per heavy atom. The van der Waals surface area contributed by atoms with Crippen LogP contribution in [-0.4, -0.2) is 19.5 Å². The normalized spacial score (nSPS) is 11.7. The fraction of sp³-hybridized carbons (Fsp3) is 0.0556. The van der Waals surface area contributed by atoms with Crippen LogP contribution >= 0.6 is 11.6 Å². The summed E-state index contributed by atoms with van der Waals surface area (Å²) in [4.78, 5) is 12.7. The molecule has 0 atom stereocenters. The third kappa shape index (κ3) is 3.20. The van der Waals surface area contributed by atoms with Crippen molar-refractivity contribution in [2.45, 2.75) is 6.18 Å². The molecule has 0 aliphatic carbocycles. The van der Waals surface area contributed by atoms with Gasteiger partial charge in [0.2, 0.25) is 5.95 Å². The SMILES string of the molecule is Nc1nc2c(Nc3ccc(C(F)(F)F)cc3)ncnc2n1-c1ccccc1Cl. The van der Waals surface area contributed by atoms with Gasteiger partial charge in [-0.2, -0.15) is 13.2 Å². The van der Waals surface area contributed by atoms with Crippen LogP contribution in [0.5, 0.6) is 0 Å². The maximum atomic E-state index is 12.7. The van der Waals surface area contributed by atoms with Gasteiger partial charge in [-0.25, -0.2) is 15.0 Å². The molecule has 0 saturated carbocycles. The number of nitrogens with two attached hydrogens (primary N) is 1. The van der Waals surface area contributed by atoms with Crippen molar-refractivity contribution in [3.63, 3.8) is 0 Å². The zero-order chi connectivity index (χ0) is 19.9. The van der Waals surface area contributed by atoms with Crippen LogP contribution in [0.2, 0.25) is 5.02 Å². The van der Waals surface area contributed by atoms with Crippen molar-refractivity contribution in [1.82, 2.24) is 19.5 Å². The Morgan fingerprint density at radius 3 is 2.39 bits per heavy atom. The number of para-hydroxylation sites is 1. The molecule has 0 amide bonds. The van der Waals surface area contributed by atoms with Gasteiger partial charge < -0.3 is 11.1 Å². The minimum atomic E-state index is -4.40. The molecular formula is C18H12ClF3N6. The second-order valence-electron chi connectivity index (χ2n) is 5.85. The Kier molecular flexibility index (Phi) is 4.31. The van der Waals surface area contributed by atoms with Crippen molar-refractivity contribution in [2.24, 2.45) is 0 Å².